The van der Waals surface area contributed by atoms with E-state index in [1.165, 1.54) is 0 Å². The van der Waals surface area contributed by atoms with Crippen molar-refractivity contribution in [2.75, 3.05) is 26.4 Å². The molecule has 4 N–H and O–H groups in total. The molecule has 0 fully saturated rings. The van der Waals surface area contributed by atoms with Gasteiger partial charge in [0.25, 0.3) is 0 Å². The average molecular weight is 216 g/mol. The summed E-state index contributed by atoms with van der Waals surface area (Å²) < 4.78 is 19.1. The Morgan fingerprint density at radius 2 is 1.92 bits per heavy atom. The van der Waals surface area contributed by atoms with Gasteiger partial charge in [-0.05, 0) is 0 Å². The fraction of sp³-hybridized carbons (Fsp3) is 1.00. The van der Waals surface area contributed by atoms with Crippen molar-refractivity contribution in [3.8, 4) is 0 Å². The molecular weight excluding hydrogens is 203 g/mol. The fourth-order valence-electron chi connectivity index (χ4n) is 0.553. The monoisotopic (exact) mass is 216 g/mol. The molecule has 0 rings (SSSR count). The lowest BCUT2D eigenvalue weighted by atomic mass is 10.4. The quantitative estimate of drug-likeness (QED) is 0.381. The number of phosphoric ester groups is 1. The van der Waals surface area contributed by atoms with Gasteiger partial charge in [0, 0.05) is 0 Å². The topological polar surface area (TPSA) is 116 Å². The summed E-state index contributed by atoms with van der Waals surface area (Å²) >= 11 is 0. The van der Waals surface area contributed by atoms with Gasteiger partial charge in [-0.25, -0.2) is 4.57 Å². The minimum atomic E-state index is -4.52. The Morgan fingerprint density at radius 3 is 2.31 bits per heavy atom. The van der Waals surface area contributed by atoms with Crippen molar-refractivity contribution >= 4 is 7.82 Å². The highest BCUT2D eigenvalue weighted by Crippen LogP contribution is 2.35. The Bertz CT molecular complexity index is 166. The second-order valence-electron chi connectivity index (χ2n) is 2.19. The molecule has 0 heterocycles. The van der Waals surface area contributed by atoms with Gasteiger partial charge in [0.2, 0.25) is 0 Å². The Hall–Kier alpha value is -0.0100. The van der Waals surface area contributed by atoms with Gasteiger partial charge in [-0.15, -0.1) is 0 Å². The zero-order valence-electron chi connectivity index (χ0n) is 6.87. The number of hydrogen-bond donors (Lipinski definition) is 4. The van der Waals surface area contributed by atoms with Crippen molar-refractivity contribution in [3.05, 3.63) is 0 Å². The number of hydrogen-bond acceptors (Lipinski definition) is 5. The molecule has 0 bridgehead atoms. The summed E-state index contributed by atoms with van der Waals surface area (Å²) in [4.78, 5) is 16.6. The Morgan fingerprint density at radius 1 is 1.31 bits per heavy atom. The Balaban J connectivity index is 3.65. The van der Waals surface area contributed by atoms with Gasteiger partial charge in [0.15, 0.2) is 0 Å². The third-order valence-corrected chi connectivity index (χ3v) is 1.56. The highest BCUT2D eigenvalue weighted by Gasteiger charge is 2.17. The predicted molar refractivity (Wildman–Crippen MR) is 41.9 cm³/mol. The molecule has 0 radical (unpaired) electrons. The van der Waals surface area contributed by atoms with E-state index in [4.69, 9.17) is 24.7 Å². The third kappa shape index (κ3) is 8.32. The molecule has 0 aliphatic rings. The van der Waals surface area contributed by atoms with Crippen molar-refractivity contribution in [2.24, 2.45) is 0 Å². The number of aliphatic hydroxyl groups is 2. The van der Waals surface area contributed by atoms with Crippen LogP contribution in [0.3, 0.4) is 0 Å². The Kier molecular flexibility index (Phi) is 6.44. The van der Waals surface area contributed by atoms with Crippen molar-refractivity contribution in [1.29, 1.82) is 0 Å². The first-order valence-corrected chi connectivity index (χ1v) is 5.06. The molecule has 13 heavy (non-hydrogen) atoms. The molecule has 80 valence electrons. The van der Waals surface area contributed by atoms with E-state index in [9.17, 15) is 4.57 Å². The summed E-state index contributed by atoms with van der Waals surface area (Å²) in [6, 6.07) is 0. The second-order valence-corrected chi connectivity index (χ2v) is 3.42. The van der Waals surface area contributed by atoms with Crippen LogP contribution < -0.4 is 0 Å². The molecule has 0 spiro atoms. The van der Waals surface area contributed by atoms with E-state index in [0.29, 0.717) is 0 Å². The summed E-state index contributed by atoms with van der Waals surface area (Å²) in [5.74, 6) is 0. The van der Waals surface area contributed by atoms with Gasteiger partial charge in [-0.2, -0.15) is 0 Å². The van der Waals surface area contributed by atoms with Crippen LogP contribution in [0.15, 0.2) is 0 Å². The van der Waals surface area contributed by atoms with Crippen LogP contribution in [-0.2, 0) is 13.8 Å². The number of ether oxygens (including phenoxy) is 1. The maximum atomic E-state index is 10.2. The molecule has 0 aromatic rings. The van der Waals surface area contributed by atoms with Crippen LogP contribution in [0.2, 0.25) is 0 Å². The SMILES string of the molecule is O=P(O)(O)OC[C@H](CO)OCCO. The van der Waals surface area contributed by atoms with Gasteiger partial charge in [-0.3, -0.25) is 4.52 Å². The fourth-order valence-corrected chi connectivity index (χ4v) is 0.914. The van der Waals surface area contributed by atoms with Crippen molar-refractivity contribution in [3.63, 3.8) is 0 Å². The minimum Gasteiger partial charge on any atom is -0.394 e. The lowest BCUT2D eigenvalue weighted by Gasteiger charge is -2.14. The highest BCUT2D eigenvalue weighted by atomic mass is 31.2. The molecule has 0 saturated carbocycles. The second kappa shape index (κ2) is 6.44. The first kappa shape index (κ1) is 13.0. The summed E-state index contributed by atoms with van der Waals surface area (Å²) in [6.07, 6.45) is -0.834. The summed E-state index contributed by atoms with van der Waals surface area (Å²) in [5, 5.41) is 16.9. The normalized spacial score (nSPS) is 14.5. The van der Waals surface area contributed by atoms with E-state index >= 15 is 0 Å². The van der Waals surface area contributed by atoms with Crippen LogP contribution in [0.1, 0.15) is 0 Å². The molecule has 0 aromatic carbocycles. The average Bonchev–Trinajstić information content (AvgIpc) is 2.03. The molecule has 0 unspecified atom stereocenters. The lowest BCUT2D eigenvalue weighted by Crippen LogP contribution is -2.24. The van der Waals surface area contributed by atoms with Crippen LogP contribution in [0, 0.1) is 0 Å². The van der Waals surface area contributed by atoms with E-state index in [1.807, 2.05) is 0 Å². The molecule has 0 aromatic heterocycles. The van der Waals surface area contributed by atoms with Gasteiger partial charge in [0.1, 0.15) is 6.10 Å². The number of phosphoric acid groups is 1. The van der Waals surface area contributed by atoms with Crippen molar-refractivity contribution in [1.82, 2.24) is 0 Å². The summed E-state index contributed by atoms with van der Waals surface area (Å²) in [6.45, 7) is -1.09. The molecule has 0 saturated heterocycles. The van der Waals surface area contributed by atoms with Crippen molar-refractivity contribution in [2.45, 2.75) is 6.10 Å². The zero-order chi connectivity index (χ0) is 10.3. The molecule has 7 nitrogen and oxygen atoms in total. The molecule has 0 aliphatic carbocycles. The summed E-state index contributed by atoms with van der Waals surface area (Å²) in [7, 11) is -4.52. The Labute approximate surface area is 75.2 Å². The maximum Gasteiger partial charge on any atom is 0.469 e. The predicted octanol–water partition coefficient (Wildman–Crippen LogP) is -1.53. The van der Waals surface area contributed by atoms with Gasteiger partial charge in [-0.1, -0.05) is 0 Å². The van der Waals surface area contributed by atoms with Crippen LogP contribution in [0.25, 0.3) is 0 Å². The minimum absolute atomic E-state index is 0.0181. The van der Waals surface area contributed by atoms with E-state index < -0.39 is 27.1 Å². The lowest BCUT2D eigenvalue weighted by molar-refractivity contribution is -0.0306. The standard InChI is InChI=1S/C5H13O7P/c6-1-2-11-5(3-7)4-12-13(8,9)10/h5-7H,1-4H2,(H2,8,9,10)/t5-/m0/s1. The molecular formula is C5H13O7P. The first-order valence-electron chi connectivity index (χ1n) is 3.53. The third-order valence-electron chi connectivity index (χ3n) is 1.08. The van der Waals surface area contributed by atoms with E-state index in [-0.39, 0.29) is 13.2 Å². The van der Waals surface area contributed by atoms with E-state index in [1.54, 1.807) is 0 Å². The van der Waals surface area contributed by atoms with Gasteiger partial charge >= 0.3 is 7.82 Å². The van der Waals surface area contributed by atoms with Gasteiger partial charge < -0.3 is 24.7 Å². The van der Waals surface area contributed by atoms with E-state index in [2.05, 4.69) is 4.52 Å². The van der Waals surface area contributed by atoms with Gasteiger partial charge in [0.05, 0.1) is 26.4 Å². The number of aliphatic hydroxyl groups excluding tert-OH is 2. The molecule has 8 heteroatoms. The van der Waals surface area contributed by atoms with Crippen LogP contribution in [0.5, 0.6) is 0 Å². The van der Waals surface area contributed by atoms with Crippen LogP contribution in [-0.4, -0.2) is 52.5 Å². The zero-order valence-corrected chi connectivity index (χ0v) is 7.76. The highest BCUT2D eigenvalue weighted by molar-refractivity contribution is 7.46. The number of rotatable bonds is 7. The molecule has 0 aliphatic heterocycles. The smallest absolute Gasteiger partial charge is 0.394 e. The van der Waals surface area contributed by atoms with Crippen LogP contribution >= 0.6 is 7.82 Å². The first-order chi connectivity index (χ1) is 5.99. The van der Waals surface area contributed by atoms with E-state index in [0.717, 1.165) is 0 Å². The molecule has 1 atom stereocenters. The molecule has 0 amide bonds. The van der Waals surface area contributed by atoms with Crippen LogP contribution in [0.4, 0.5) is 0 Å². The summed E-state index contributed by atoms with van der Waals surface area (Å²) in [5.41, 5.74) is 0. The largest absolute Gasteiger partial charge is 0.469 e. The van der Waals surface area contributed by atoms with Crippen molar-refractivity contribution < 1.29 is 33.8 Å². The maximum absolute atomic E-state index is 10.2.